The van der Waals surface area contributed by atoms with E-state index >= 15 is 0 Å². The van der Waals surface area contributed by atoms with Crippen LogP contribution in [0.15, 0.2) is 24.3 Å². The first-order valence-corrected chi connectivity index (χ1v) is 10.4. The SMILES string of the molecule is COc1ccc(C(=O)N2CCN(C(=O)[C@@H]3CCCN3C(=O)OC(C)(C)C)CC2)cc1. The molecule has 1 atom stereocenters. The summed E-state index contributed by atoms with van der Waals surface area (Å²) in [7, 11) is 1.58. The van der Waals surface area contributed by atoms with E-state index in [0.29, 0.717) is 50.5 Å². The van der Waals surface area contributed by atoms with E-state index in [1.807, 2.05) is 20.8 Å². The Morgan fingerprint density at radius 2 is 1.53 bits per heavy atom. The Hall–Kier alpha value is -2.77. The number of rotatable bonds is 3. The summed E-state index contributed by atoms with van der Waals surface area (Å²) in [5.41, 5.74) is 0.00300. The molecule has 2 aliphatic rings. The van der Waals surface area contributed by atoms with Crippen LogP contribution in [0.2, 0.25) is 0 Å². The Bertz CT molecular complexity index is 779. The normalized spacial score (nSPS) is 19.6. The zero-order chi connectivity index (χ0) is 21.9. The highest BCUT2D eigenvalue weighted by Crippen LogP contribution is 2.23. The molecular formula is C22H31N3O5. The molecule has 0 radical (unpaired) electrons. The van der Waals surface area contributed by atoms with Gasteiger partial charge in [-0.1, -0.05) is 0 Å². The monoisotopic (exact) mass is 417 g/mol. The van der Waals surface area contributed by atoms with E-state index in [9.17, 15) is 14.4 Å². The van der Waals surface area contributed by atoms with Crippen LogP contribution < -0.4 is 4.74 Å². The van der Waals surface area contributed by atoms with Crippen LogP contribution in [-0.2, 0) is 9.53 Å². The Morgan fingerprint density at radius 3 is 2.10 bits per heavy atom. The lowest BCUT2D eigenvalue weighted by Crippen LogP contribution is -2.55. The van der Waals surface area contributed by atoms with Gasteiger partial charge in [0.05, 0.1) is 7.11 Å². The van der Waals surface area contributed by atoms with Gasteiger partial charge in [-0.15, -0.1) is 0 Å². The fourth-order valence-electron chi connectivity index (χ4n) is 3.82. The van der Waals surface area contributed by atoms with Gasteiger partial charge >= 0.3 is 6.09 Å². The predicted octanol–water partition coefficient (Wildman–Crippen LogP) is 2.38. The molecular weight excluding hydrogens is 386 g/mol. The molecule has 0 spiro atoms. The summed E-state index contributed by atoms with van der Waals surface area (Å²) >= 11 is 0. The number of carbonyl (C=O) groups is 3. The molecule has 0 aromatic heterocycles. The van der Waals surface area contributed by atoms with E-state index in [1.165, 1.54) is 0 Å². The second-order valence-electron chi connectivity index (χ2n) is 8.68. The minimum absolute atomic E-state index is 0.0546. The highest BCUT2D eigenvalue weighted by Gasteiger charge is 2.39. The van der Waals surface area contributed by atoms with Gasteiger partial charge in [0.25, 0.3) is 5.91 Å². The number of amides is 3. The highest BCUT2D eigenvalue weighted by atomic mass is 16.6. The van der Waals surface area contributed by atoms with Crippen molar-refractivity contribution in [2.75, 3.05) is 39.8 Å². The number of methoxy groups -OCH3 is 1. The Balaban J connectivity index is 1.56. The largest absolute Gasteiger partial charge is 0.497 e. The molecule has 8 nitrogen and oxygen atoms in total. The summed E-state index contributed by atoms with van der Waals surface area (Å²) in [4.78, 5) is 43.3. The number of benzene rings is 1. The lowest BCUT2D eigenvalue weighted by Gasteiger charge is -2.37. The van der Waals surface area contributed by atoms with Crippen LogP contribution in [0.4, 0.5) is 4.79 Å². The molecule has 3 amide bonds. The summed E-state index contributed by atoms with van der Waals surface area (Å²) in [6.45, 7) is 7.83. The van der Waals surface area contributed by atoms with Crippen molar-refractivity contribution >= 4 is 17.9 Å². The van der Waals surface area contributed by atoms with Gasteiger partial charge in [-0.3, -0.25) is 14.5 Å². The molecule has 0 aliphatic carbocycles. The molecule has 30 heavy (non-hydrogen) atoms. The van der Waals surface area contributed by atoms with E-state index in [-0.39, 0.29) is 11.8 Å². The van der Waals surface area contributed by atoms with Crippen molar-refractivity contribution in [3.63, 3.8) is 0 Å². The van der Waals surface area contributed by atoms with Gasteiger partial charge in [-0.05, 0) is 57.9 Å². The number of hydrogen-bond acceptors (Lipinski definition) is 5. The summed E-state index contributed by atoms with van der Waals surface area (Å²) in [6.07, 6.45) is 0.987. The predicted molar refractivity (Wildman–Crippen MR) is 111 cm³/mol. The van der Waals surface area contributed by atoms with E-state index in [4.69, 9.17) is 9.47 Å². The third-order valence-corrected chi connectivity index (χ3v) is 5.38. The molecule has 2 fully saturated rings. The fourth-order valence-corrected chi connectivity index (χ4v) is 3.82. The minimum Gasteiger partial charge on any atom is -0.497 e. The molecule has 2 heterocycles. The zero-order valence-corrected chi connectivity index (χ0v) is 18.2. The van der Waals surface area contributed by atoms with Gasteiger partial charge in [0.2, 0.25) is 5.91 Å². The number of ether oxygens (including phenoxy) is 2. The summed E-state index contributed by atoms with van der Waals surface area (Å²) < 4.78 is 10.6. The van der Waals surface area contributed by atoms with E-state index < -0.39 is 17.7 Å². The third-order valence-electron chi connectivity index (χ3n) is 5.38. The van der Waals surface area contributed by atoms with Crippen molar-refractivity contribution < 1.29 is 23.9 Å². The average molecular weight is 418 g/mol. The number of nitrogens with zero attached hydrogens (tertiary/aromatic N) is 3. The smallest absolute Gasteiger partial charge is 0.410 e. The number of hydrogen-bond donors (Lipinski definition) is 0. The molecule has 2 aliphatic heterocycles. The van der Waals surface area contributed by atoms with Crippen LogP contribution in [0, 0.1) is 0 Å². The highest BCUT2D eigenvalue weighted by molar-refractivity contribution is 5.94. The third kappa shape index (κ3) is 5.04. The first kappa shape index (κ1) is 21.9. The average Bonchev–Trinajstić information content (AvgIpc) is 3.22. The number of carbonyl (C=O) groups excluding carboxylic acids is 3. The Labute approximate surface area is 177 Å². The molecule has 0 N–H and O–H groups in total. The standard InChI is InChI=1S/C22H31N3O5/c1-22(2,3)30-21(28)25-11-5-6-18(25)20(27)24-14-12-23(13-15-24)19(26)16-7-9-17(29-4)10-8-16/h7-10,18H,5-6,11-15H2,1-4H3/t18-/m0/s1. The van der Waals surface area contributed by atoms with E-state index in [1.54, 1.807) is 46.1 Å². The summed E-state index contributed by atoms with van der Waals surface area (Å²) in [5, 5.41) is 0. The second kappa shape index (κ2) is 8.93. The van der Waals surface area contributed by atoms with Crippen molar-refractivity contribution in [3.8, 4) is 5.75 Å². The number of piperazine rings is 1. The summed E-state index contributed by atoms with van der Waals surface area (Å²) in [5.74, 6) is 0.587. The molecule has 2 saturated heterocycles. The van der Waals surface area contributed by atoms with Crippen molar-refractivity contribution in [2.24, 2.45) is 0 Å². The minimum atomic E-state index is -0.597. The quantitative estimate of drug-likeness (QED) is 0.755. The van der Waals surface area contributed by atoms with Crippen LogP contribution in [0.25, 0.3) is 0 Å². The van der Waals surface area contributed by atoms with Crippen molar-refractivity contribution in [2.45, 2.75) is 45.3 Å². The molecule has 1 aromatic rings. The molecule has 3 rings (SSSR count). The van der Waals surface area contributed by atoms with Gasteiger partial charge < -0.3 is 19.3 Å². The maximum atomic E-state index is 13.1. The van der Waals surface area contributed by atoms with Crippen LogP contribution >= 0.6 is 0 Å². The number of likely N-dealkylation sites (tertiary alicyclic amines) is 1. The Kier molecular flexibility index (Phi) is 6.53. The zero-order valence-electron chi connectivity index (χ0n) is 18.2. The van der Waals surface area contributed by atoms with Gasteiger partial charge in [-0.2, -0.15) is 0 Å². The first-order valence-electron chi connectivity index (χ1n) is 10.4. The molecule has 0 saturated carbocycles. The molecule has 1 aromatic carbocycles. The second-order valence-corrected chi connectivity index (χ2v) is 8.68. The van der Waals surface area contributed by atoms with Crippen molar-refractivity contribution in [3.05, 3.63) is 29.8 Å². The van der Waals surface area contributed by atoms with E-state index in [0.717, 1.165) is 6.42 Å². The molecule has 0 bridgehead atoms. The van der Waals surface area contributed by atoms with Gasteiger partial charge in [0.1, 0.15) is 17.4 Å². The molecule has 164 valence electrons. The van der Waals surface area contributed by atoms with Crippen molar-refractivity contribution in [1.82, 2.24) is 14.7 Å². The lowest BCUT2D eigenvalue weighted by molar-refractivity contribution is -0.137. The topological polar surface area (TPSA) is 79.4 Å². The van der Waals surface area contributed by atoms with Crippen molar-refractivity contribution in [1.29, 1.82) is 0 Å². The molecule has 8 heteroatoms. The molecule has 0 unspecified atom stereocenters. The summed E-state index contributed by atoms with van der Waals surface area (Å²) in [6, 6.07) is 6.53. The maximum absolute atomic E-state index is 13.1. The Morgan fingerprint density at radius 1 is 0.933 bits per heavy atom. The van der Waals surface area contributed by atoms with Gasteiger partial charge in [0.15, 0.2) is 0 Å². The van der Waals surface area contributed by atoms with Crippen LogP contribution in [0.3, 0.4) is 0 Å². The van der Waals surface area contributed by atoms with Crippen LogP contribution in [0.1, 0.15) is 44.0 Å². The van der Waals surface area contributed by atoms with Crippen LogP contribution in [-0.4, -0.2) is 84.1 Å². The van der Waals surface area contributed by atoms with Gasteiger partial charge in [-0.25, -0.2) is 4.79 Å². The van der Waals surface area contributed by atoms with Gasteiger partial charge in [0, 0.05) is 38.3 Å². The van der Waals surface area contributed by atoms with E-state index in [2.05, 4.69) is 0 Å². The maximum Gasteiger partial charge on any atom is 0.410 e. The first-order chi connectivity index (χ1) is 14.2. The van der Waals surface area contributed by atoms with Crippen LogP contribution in [0.5, 0.6) is 5.75 Å². The fraction of sp³-hybridized carbons (Fsp3) is 0.591. The lowest BCUT2D eigenvalue weighted by atomic mass is 10.1.